The number of nitrogen functional groups attached to an aromatic ring is 1. The van der Waals surface area contributed by atoms with Crippen molar-refractivity contribution >= 4 is 23.4 Å². The third-order valence-electron chi connectivity index (χ3n) is 4.49. The lowest BCUT2D eigenvalue weighted by Gasteiger charge is -2.12. The van der Waals surface area contributed by atoms with Crippen LogP contribution in [0.25, 0.3) is 0 Å². The van der Waals surface area contributed by atoms with Crippen LogP contribution in [0.1, 0.15) is 38.1 Å². The number of carbonyl (C=O) groups excluding carboxylic acids is 1. The summed E-state index contributed by atoms with van der Waals surface area (Å²) in [5, 5.41) is 9.94. The van der Waals surface area contributed by atoms with Gasteiger partial charge in [-0.05, 0) is 42.7 Å². The largest absolute Gasteiger partial charge is 0.486 e. The van der Waals surface area contributed by atoms with Gasteiger partial charge in [0.05, 0.1) is 10.9 Å². The zero-order valence-electron chi connectivity index (χ0n) is 17.3. The molecule has 7 nitrogen and oxygen atoms in total. The van der Waals surface area contributed by atoms with E-state index in [2.05, 4.69) is 29.4 Å². The summed E-state index contributed by atoms with van der Waals surface area (Å²) in [5.74, 6) is 5.60. The molecule has 0 saturated heterocycles. The molecule has 1 amide bonds. The molecule has 164 valence electrons. The molecule has 0 spiro atoms. The van der Waals surface area contributed by atoms with Gasteiger partial charge in [-0.25, -0.2) is 13.5 Å². The van der Waals surface area contributed by atoms with Crippen molar-refractivity contribution in [1.29, 1.82) is 0 Å². The summed E-state index contributed by atoms with van der Waals surface area (Å²) in [6.45, 7) is 5.92. The molecule has 10 heteroatoms. The fourth-order valence-electron chi connectivity index (χ4n) is 2.62. The smallest absolute Gasteiger partial charge is 0.237 e. The van der Waals surface area contributed by atoms with Gasteiger partial charge in [0.2, 0.25) is 11.1 Å². The van der Waals surface area contributed by atoms with Gasteiger partial charge in [-0.1, -0.05) is 37.7 Å². The average molecular weight is 448 g/mol. The average Bonchev–Trinajstić information content (AvgIpc) is 3.08. The van der Waals surface area contributed by atoms with Crippen molar-refractivity contribution in [3.05, 3.63) is 65.5 Å². The monoisotopic (exact) mass is 447 g/mol. The quantitative estimate of drug-likeness (QED) is 0.399. The first-order valence-electron chi connectivity index (χ1n) is 9.59. The Balaban J connectivity index is 1.59. The third-order valence-corrected chi connectivity index (χ3v) is 5.54. The molecule has 1 aromatic heterocycles. The van der Waals surface area contributed by atoms with Crippen LogP contribution in [0.3, 0.4) is 0 Å². The molecule has 2 aromatic carbocycles. The second kappa shape index (κ2) is 9.78. The number of aromatic nitrogens is 3. The number of benzene rings is 2. The number of rotatable bonds is 8. The van der Waals surface area contributed by atoms with E-state index in [4.69, 9.17) is 10.6 Å². The Morgan fingerprint density at radius 1 is 1.16 bits per heavy atom. The summed E-state index contributed by atoms with van der Waals surface area (Å²) in [4.78, 5) is 12.3. The van der Waals surface area contributed by atoms with Crippen molar-refractivity contribution in [3.8, 4) is 5.75 Å². The number of amides is 1. The predicted octanol–water partition coefficient (Wildman–Crippen LogP) is 4.09. The summed E-state index contributed by atoms with van der Waals surface area (Å²) in [5.41, 5.74) is 0.975. The highest BCUT2D eigenvalue weighted by Crippen LogP contribution is 2.24. The van der Waals surface area contributed by atoms with Crippen LogP contribution in [0.4, 0.5) is 14.5 Å². The van der Waals surface area contributed by atoms with Gasteiger partial charge in [0.1, 0.15) is 24.0 Å². The molecule has 31 heavy (non-hydrogen) atoms. The summed E-state index contributed by atoms with van der Waals surface area (Å²) >= 11 is 1.04. The molecule has 1 unspecified atom stereocenters. The van der Waals surface area contributed by atoms with E-state index in [1.165, 1.54) is 10.2 Å². The first-order valence-corrected chi connectivity index (χ1v) is 10.5. The number of thioether (sulfide) groups is 1. The van der Waals surface area contributed by atoms with E-state index in [9.17, 15) is 13.6 Å². The fraction of sp³-hybridized carbons (Fsp3) is 0.286. The van der Waals surface area contributed by atoms with E-state index in [1.807, 2.05) is 24.3 Å². The van der Waals surface area contributed by atoms with E-state index >= 15 is 0 Å². The van der Waals surface area contributed by atoms with Crippen LogP contribution >= 0.6 is 11.8 Å². The number of nitrogens with two attached hydrogens (primary N) is 1. The number of hydrogen-bond donors (Lipinski definition) is 2. The van der Waals surface area contributed by atoms with Crippen LogP contribution in [0.15, 0.2) is 47.6 Å². The van der Waals surface area contributed by atoms with E-state index in [-0.39, 0.29) is 17.5 Å². The first-order chi connectivity index (χ1) is 14.7. The van der Waals surface area contributed by atoms with E-state index in [0.717, 1.165) is 30.0 Å². The minimum Gasteiger partial charge on any atom is -0.486 e. The lowest BCUT2D eigenvalue weighted by atomic mass is 10.0. The number of halogens is 2. The Labute approximate surface area is 183 Å². The van der Waals surface area contributed by atoms with Crippen LogP contribution in [0.2, 0.25) is 0 Å². The highest BCUT2D eigenvalue weighted by molar-refractivity contribution is 8.00. The molecule has 3 N–H and O–H groups in total. The second-order valence-electron chi connectivity index (χ2n) is 7.15. The van der Waals surface area contributed by atoms with E-state index in [0.29, 0.717) is 17.5 Å². The molecule has 0 aliphatic rings. The van der Waals surface area contributed by atoms with Crippen molar-refractivity contribution in [1.82, 2.24) is 14.9 Å². The van der Waals surface area contributed by atoms with Crippen molar-refractivity contribution in [3.63, 3.8) is 0 Å². The molecule has 0 radical (unpaired) electrons. The molecule has 3 rings (SSSR count). The van der Waals surface area contributed by atoms with E-state index in [1.54, 1.807) is 6.92 Å². The molecule has 0 aliphatic heterocycles. The number of nitrogens with zero attached hydrogens (tertiary/aromatic N) is 3. The Morgan fingerprint density at radius 3 is 2.55 bits per heavy atom. The minimum absolute atomic E-state index is 0.0974. The maximum absolute atomic E-state index is 13.7. The molecule has 1 heterocycles. The summed E-state index contributed by atoms with van der Waals surface area (Å²) in [6.07, 6.45) is 0. The van der Waals surface area contributed by atoms with Crippen molar-refractivity contribution in [2.75, 3.05) is 11.2 Å². The molecular weight excluding hydrogens is 424 g/mol. The standard InChI is InChI=1S/C21H23F2N5O2S/c1-12(2)14-4-7-16(8-5-14)30-11-19-26-27-21(28(19)24)31-13(3)20(29)25-18-10-15(22)6-9-17(18)23/h4-10,12-13H,11,24H2,1-3H3,(H,25,29). The molecule has 1 atom stereocenters. The Hall–Kier alpha value is -3.14. The van der Waals surface area contributed by atoms with Crippen LogP contribution in [0, 0.1) is 11.6 Å². The Bertz CT molecular complexity index is 1060. The number of carbonyl (C=O) groups is 1. The second-order valence-corrected chi connectivity index (χ2v) is 8.46. The highest BCUT2D eigenvalue weighted by atomic mass is 32.2. The zero-order chi connectivity index (χ0) is 22.5. The maximum atomic E-state index is 13.7. The highest BCUT2D eigenvalue weighted by Gasteiger charge is 2.21. The topological polar surface area (TPSA) is 95.1 Å². The Morgan fingerprint density at radius 2 is 1.87 bits per heavy atom. The lowest BCUT2D eigenvalue weighted by Crippen LogP contribution is -2.24. The zero-order valence-corrected chi connectivity index (χ0v) is 18.1. The number of hydrogen-bond acceptors (Lipinski definition) is 6. The third kappa shape index (κ3) is 5.72. The molecular formula is C21H23F2N5O2S. The number of ether oxygens (including phenoxy) is 1. The van der Waals surface area contributed by atoms with Gasteiger partial charge in [0.15, 0.2) is 5.82 Å². The van der Waals surface area contributed by atoms with Crippen molar-refractivity contribution in [2.45, 2.75) is 43.7 Å². The number of anilines is 1. The first kappa shape index (κ1) is 22.5. The van der Waals surface area contributed by atoms with Crippen molar-refractivity contribution < 1.29 is 18.3 Å². The van der Waals surface area contributed by atoms with Crippen molar-refractivity contribution in [2.24, 2.45) is 0 Å². The normalized spacial score (nSPS) is 12.1. The van der Waals surface area contributed by atoms with E-state index < -0.39 is 22.8 Å². The van der Waals surface area contributed by atoms with Gasteiger partial charge >= 0.3 is 0 Å². The lowest BCUT2D eigenvalue weighted by molar-refractivity contribution is -0.115. The van der Waals surface area contributed by atoms with Gasteiger partial charge in [-0.2, -0.15) is 0 Å². The van der Waals surface area contributed by atoms with Gasteiger partial charge in [-0.15, -0.1) is 10.2 Å². The van der Waals surface area contributed by atoms with Gasteiger partial charge in [-0.3, -0.25) is 4.79 Å². The van der Waals surface area contributed by atoms with Gasteiger partial charge in [0.25, 0.3) is 0 Å². The summed E-state index contributed by atoms with van der Waals surface area (Å²) < 4.78 is 33.9. The van der Waals surface area contributed by atoms with Crippen LogP contribution in [-0.2, 0) is 11.4 Å². The summed E-state index contributed by atoms with van der Waals surface area (Å²) in [7, 11) is 0. The minimum atomic E-state index is -0.727. The predicted molar refractivity (Wildman–Crippen MR) is 115 cm³/mol. The Kier molecular flexibility index (Phi) is 7.11. The SMILES string of the molecule is CC(Sc1nnc(COc2ccc(C(C)C)cc2)n1N)C(=O)Nc1cc(F)ccc1F. The molecule has 3 aromatic rings. The maximum Gasteiger partial charge on any atom is 0.237 e. The fourth-order valence-corrected chi connectivity index (χ4v) is 3.41. The molecule has 0 bridgehead atoms. The summed E-state index contributed by atoms with van der Waals surface area (Å²) in [6, 6.07) is 10.6. The van der Waals surface area contributed by atoms with Gasteiger partial charge in [0, 0.05) is 6.07 Å². The van der Waals surface area contributed by atoms with Crippen LogP contribution < -0.4 is 15.9 Å². The molecule has 0 fully saturated rings. The molecule has 0 saturated carbocycles. The number of nitrogens with one attached hydrogen (secondary N) is 1. The van der Waals surface area contributed by atoms with Crippen LogP contribution in [-0.4, -0.2) is 26.0 Å². The van der Waals surface area contributed by atoms with Crippen LogP contribution in [0.5, 0.6) is 5.75 Å². The van der Waals surface area contributed by atoms with Gasteiger partial charge < -0.3 is 15.9 Å². The molecule has 0 aliphatic carbocycles.